The van der Waals surface area contributed by atoms with E-state index in [1.165, 1.54) is 0 Å². The van der Waals surface area contributed by atoms with Gasteiger partial charge in [0, 0.05) is 31.6 Å². The summed E-state index contributed by atoms with van der Waals surface area (Å²) in [6.45, 7) is 9.65. The van der Waals surface area contributed by atoms with Gasteiger partial charge in [0.1, 0.15) is 5.82 Å². The van der Waals surface area contributed by atoms with Gasteiger partial charge in [0.15, 0.2) is 5.69 Å². The number of esters is 1. The molecule has 7 nitrogen and oxygen atoms in total. The number of aromatic nitrogens is 1. The van der Waals surface area contributed by atoms with Crippen LogP contribution >= 0.6 is 0 Å². The van der Waals surface area contributed by atoms with Crippen molar-refractivity contribution in [3.63, 3.8) is 0 Å². The first-order valence-corrected chi connectivity index (χ1v) is 11.3. The number of carbonyl (C=O) groups is 1. The molecule has 0 bridgehead atoms. The van der Waals surface area contributed by atoms with Crippen LogP contribution in [0.4, 0.5) is 17.2 Å². The summed E-state index contributed by atoms with van der Waals surface area (Å²) in [7, 11) is 1.75. The van der Waals surface area contributed by atoms with Gasteiger partial charge in [-0.25, -0.2) is 9.78 Å². The highest BCUT2D eigenvalue weighted by Crippen LogP contribution is 2.34. The quantitative estimate of drug-likeness (QED) is 0.448. The Morgan fingerprint density at radius 3 is 2.59 bits per heavy atom. The number of ether oxygens (including phenoxy) is 2. The van der Waals surface area contributed by atoms with Crippen LogP contribution < -0.4 is 10.2 Å². The number of piperidine rings is 1. The van der Waals surface area contributed by atoms with Gasteiger partial charge in [0.25, 0.3) is 0 Å². The molecule has 32 heavy (non-hydrogen) atoms. The van der Waals surface area contributed by atoms with Crippen molar-refractivity contribution in [3.05, 3.63) is 47.2 Å². The average Bonchev–Trinajstić information content (AvgIpc) is 2.78. The Morgan fingerprint density at radius 1 is 1.28 bits per heavy atom. The van der Waals surface area contributed by atoms with E-state index in [0.29, 0.717) is 11.5 Å². The SMILES string of the molecule is CCOC(=O)c1cc(N2CCC(OC)CC2)c(C(=N)C(C)C)c(Nc2cccc(C)c2)n1. The van der Waals surface area contributed by atoms with Crippen LogP contribution in [0.1, 0.15) is 55.2 Å². The maximum Gasteiger partial charge on any atom is 0.357 e. The second-order valence-electron chi connectivity index (χ2n) is 8.46. The number of benzene rings is 1. The van der Waals surface area contributed by atoms with Crippen molar-refractivity contribution in [1.82, 2.24) is 4.98 Å². The fourth-order valence-corrected chi connectivity index (χ4v) is 3.93. The molecule has 1 aliphatic rings. The summed E-state index contributed by atoms with van der Waals surface area (Å²) in [5.74, 6) is 0.0396. The van der Waals surface area contributed by atoms with Crippen LogP contribution in [0.15, 0.2) is 30.3 Å². The standard InChI is InChI=1S/C25H34N4O3/c1-6-32-25(30)20-15-21(29-12-10-19(31-5)11-13-29)22(23(26)16(2)3)24(28-20)27-18-9-7-8-17(4)14-18/h7-9,14-16,19,26H,6,10-13H2,1-5H3,(H,27,28). The molecule has 7 heteroatoms. The topological polar surface area (TPSA) is 87.5 Å². The van der Waals surface area contributed by atoms with E-state index in [-0.39, 0.29) is 24.3 Å². The number of hydrogen-bond acceptors (Lipinski definition) is 7. The lowest BCUT2D eigenvalue weighted by Crippen LogP contribution is -2.38. The number of aryl methyl sites for hydroxylation is 1. The van der Waals surface area contributed by atoms with Crippen molar-refractivity contribution in [2.45, 2.75) is 46.6 Å². The maximum atomic E-state index is 12.6. The van der Waals surface area contributed by atoms with Gasteiger partial charge < -0.3 is 25.1 Å². The molecule has 1 aromatic carbocycles. The highest BCUT2D eigenvalue weighted by molar-refractivity contribution is 6.09. The van der Waals surface area contributed by atoms with Gasteiger partial charge >= 0.3 is 5.97 Å². The number of carbonyl (C=O) groups excluding carboxylic acids is 1. The van der Waals surface area contributed by atoms with E-state index < -0.39 is 5.97 Å². The highest BCUT2D eigenvalue weighted by atomic mass is 16.5. The minimum absolute atomic E-state index is 0.00133. The van der Waals surface area contributed by atoms with E-state index in [1.807, 2.05) is 45.0 Å². The minimum atomic E-state index is -0.463. The number of hydrogen-bond donors (Lipinski definition) is 2. The molecule has 0 spiro atoms. The van der Waals surface area contributed by atoms with E-state index in [1.54, 1.807) is 20.1 Å². The lowest BCUT2D eigenvalue weighted by Gasteiger charge is -2.35. The number of methoxy groups -OCH3 is 1. The lowest BCUT2D eigenvalue weighted by molar-refractivity contribution is 0.0519. The molecule has 0 aliphatic carbocycles. The smallest absolute Gasteiger partial charge is 0.357 e. The van der Waals surface area contributed by atoms with Crippen molar-refractivity contribution in [1.29, 1.82) is 5.41 Å². The van der Waals surface area contributed by atoms with Crippen molar-refractivity contribution in [2.75, 3.05) is 37.0 Å². The fraction of sp³-hybridized carbons (Fsp3) is 0.480. The van der Waals surface area contributed by atoms with Crippen molar-refractivity contribution < 1.29 is 14.3 Å². The van der Waals surface area contributed by atoms with E-state index in [2.05, 4.69) is 15.2 Å². The summed E-state index contributed by atoms with van der Waals surface area (Å²) in [6, 6.07) is 9.75. The molecule has 1 saturated heterocycles. The molecule has 1 aliphatic heterocycles. The zero-order valence-electron chi connectivity index (χ0n) is 19.7. The third-order valence-electron chi connectivity index (χ3n) is 5.73. The average molecular weight is 439 g/mol. The normalized spacial score (nSPS) is 14.5. The van der Waals surface area contributed by atoms with Gasteiger partial charge in [-0.3, -0.25) is 0 Å². The lowest BCUT2D eigenvalue weighted by atomic mass is 9.96. The number of nitrogens with one attached hydrogen (secondary N) is 2. The molecule has 0 amide bonds. The van der Waals surface area contributed by atoms with Crippen LogP contribution in [0.3, 0.4) is 0 Å². The third-order valence-corrected chi connectivity index (χ3v) is 5.73. The van der Waals surface area contributed by atoms with Crippen LogP contribution in [0.2, 0.25) is 0 Å². The molecule has 2 aromatic rings. The molecule has 172 valence electrons. The summed E-state index contributed by atoms with van der Waals surface area (Å²) in [5, 5.41) is 12.3. The molecule has 0 radical (unpaired) electrons. The molecule has 3 rings (SSSR count). The number of nitrogens with zero attached hydrogens (tertiary/aromatic N) is 2. The molecule has 1 aromatic heterocycles. The molecule has 1 fully saturated rings. The monoisotopic (exact) mass is 438 g/mol. The molecule has 2 N–H and O–H groups in total. The molecule has 2 heterocycles. The van der Waals surface area contributed by atoms with Crippen LogP contribution in [-0.2, 0) is 9.47 Å². The van der Waals surface area contributed by atoms with E-state index in [0.717, 1.165) is 48.4 Å². The molecule has 0 unspecified atom stereocenters. The summed E-state index contributed by atoms with van der Waals surface area (Å²) >= 11 is 0. The van der Waals surface area contributed by atoms with Crippen LogP contribution in [0, 0.1) is 18.3 Å². The van der Waals surface area contributed by atoms with Gasteiger partial charge in [-0.2, -0.15) is 0 Å². The van der Waals surface area contributed by atoms with E-state index >= 15 is 0 Å². The Bertz CT molecular complexity index is 966. The first kappa shape index (κ1) is 23.7. The second kappa shape index (κ2) is 10.6. The van der Waals surface area contributed by atoms with Crippen molar-refractivity contribution in [2.24, 2.45) is 5.92 Å². The molecule has 0 saturated carbocycles. The van der Waals surface area contributed by atoms with Gasteiger partial charge in [0.2, 0.25) is 0 Å². The summed E-state index contributed by atoms with van der Waals surface area (Å²) < 4.78 is 10.8. The minimum Gasteiger partial charge on any atom is -0.461 e. The summed E-state index contributed by atoms with van der Waals surface area (Å²) in [4.78, 5) is 19.5. The first-order chi connectivity index (χ1) is 15.3. The van der Waals surface area contributed by atoms with Gasteiger partial charge in [0.05, 0.1) is 24.0 Å². The predicted molar refractivity (Wildman–Crippen MR) is 129 cm³/mol. The van der Waals surface area contributed by atoms with E-state index in [4.69, 9.17) is 14.9 Å². The first-order valence-electron chi connectivity index (χ1n) is 11.3. The molecule has 0 atom stereocenters. The number of rotatable bonds is 8. The van der Waals surface area contributed by atoms with Crippen LogP contribution in [0.25, 0.3) is 0 Å². The second-order valence-corrected chi connectivity index (χ2v) is 8.46. The Balaban J connectivity index is 2.14. The summed E-state index contributed by atoms with van der Waals surface area (Å²) in [5.41, 5.74) is 4.26. The molecular formula is C25H34N4O3. The maximum absolute atomic E-state index is 12.6. The Morgan fingerprint density at radius 2 is 2.00 bits per heavy atom. The van der Waals surface area contributed by atoms with E-state index in [9.17, 15) is 4.79 Å². The van der Waals surface area contributed by atoms with Crippen molar-refractivity contribution in [3.8, 4) is 0 Å². The van der Waals surface area contributed by atoms with Gasteiger partial charge in [-0.05, 0) is 56.4 Å². The van der Waals surface area contributed by atoms with Gasteiger partial charge in [-0.15, -0.1) is 0 Å². The predicted octanol–water partition coefficient (Wildman–Crippen LogP) is 4.95. The van der Waals surface area contributed by atoms with Crippen LogP contribution in [0.5, 0.6) is 0 Å². The zero-order valence-corrected chi connectivity index (χ0v) is 19.7. The third kappa shape index (κ3) is 5.46. The molecular weight excluding hydrogens is 404 g/mol. The van der Waals surface area contributed by atoms with Gasteiger partial charge in [-0.1, -0.05) is 26.0 Å². The number of pyridine rings is 1. The van der Waals surface area contributed by atoms with Crippen LogP contribution in [-0.4, -0.2) is 49.6 Å². The highest BCUT2D eigenvalue weighted by Gasteiger charge is 2.27. The summed E-state index contributed by atoms with van der Waals surface area (Å²) in [6.07, 6.45) is 2.01. The Kier molecular flexibility index (Phi) is 7.85. The van der Waals surface area contributed by atoms with Crippen molar-refractivity contribution >= 4 is 28.9 Å². The fourth-order valence-electron chi connectivity index (χ4n) is 3.93. The largest absolute Gasteiger partial charge is 0.461 e. The Labute approximate surface area is 190 Å². The number of anilines is 3. The zero-order chi connectivity index (χ0) is 23.3. The Hall–Kier alpha value is -2.93.